The van der Waals surface area contributed by atoms with E-state index in [9.17, 15) is 9.59 Å². The van der Waals surface area contributed by atoms with Gasteiger partial charge in [0.05, 0.1) is 24.7 Å². The van der Waals surface area contributed by atoms with Crippen molar-refractivity contribution < 1.29 is 19.4 Å². The number of para-hydroxylation sites is 1. The highest BCUT2D eigenvalue weighted by Crippen LogP contribution is 2.24. The lowest BCUT2D eigenvalue weighted by Gasteiger charge is -2.17. The summed E-state index contributed by atoms with van der Waals surface area (Å²) in [5, 5.41) is 11.3. The van der Waals surface area contributed by atoms with Gasteiger partial charge in [0.25, 0.3) is 0 Å². The van der Waals surface area contributed by atoms with Gasteiger partial charge in [-0.2, -0.15) is 0 Å². The highest BCUT2D eigenvalue weighted by molar-refractivity contribution is 8.00. The molecule has 1 atom stereocenters. The first kappa shape index (κ1) is 15.4. The van der Waals surface area contributed by atoms with E-state index in [1.165, 1.54) is 0 Å². The van der Waals surface area contributed by atoms with Gasteiger partial charge in [-0.05, 0) is 13.0 Å². The molecule has 1 aromatic carbocycles. The number of carboxylic acids is 1. The second kappa shape index (κ2) is 7.68. The summed E-state index contributed by atoms with van der Waals surface area (Å²) in [6.07, 6.45) is 0. The Labute approximate surface area is 116 Å². The van der Waals surface area contributed by atoms with Crippen LogP contribution in [-0.4, -0.2) is 35.6 Å². The van der Waals surface area contributed by atoms with Gasteiger partial charge in [0.2, 0.25) is 5.91 Å². The molecule has 5 nitrogen and oxygen atoms in total. The number of nitrogens with one attached hydrogen (secondary N) is 1. The molecule has 0 aliphatic heterocycles. The van der Waals surface area contributed by atoms with Crippen LogP contribution in [0.4, 0.5) is 0 Å². The number of carbonyl (C=O) groups is 2. The molecule has 0 bridgehead atoms. The topological polar surface area (TPSA) is 75.6 Å². The predicted molar refractivity (Wildman–Crippen MR) is 74.5 cm³/mol. The van der Waals surface area contributed by atoms with Crippen LogP contribution in [0.3, 0.4) is 0 Å². The number of hydrogen-bond acceptors (Lipinski definition) is 4. The first-order valence-corrected chi connectivity index (χ1v) is 6.92. The van der Waals surface area contributed by atoms with Gasteiger partial charge in [-0.15, -0.1) is 11.8 Å². The van der Waals surface area contributed by atoms with E-state index in [0.717, 1.165) is 17.3 Å². The Balaban J connectivity index is 2.52. The number of benzene rings is 1. The summed E-state index contributed by atoms with van der Waals surface area (Å²) in [5.41, 5.74) is 0.890. The lowest BCUT2D eigenvalue weighted by atomic mass is 10.1. The first-order chi connectivity index (χ1) is 9.04. The number of carbonyl (C=O) groups excluding carboxylic acids is 1. The van der Waals surface area contributed by atoms with Crippen LogP contribution in [0, 0.1) is 0 Å². The van der Waals surface area contributed by atoms with E-state index in [2.05, 4.69) is 5.32 Å². The van der Waals surface area contributed by atoms with Crippen LogP contribution >= 0.6 is 11.8 Å². The zero-order valence-electron chi connectivity index (χ0n) is 10.9. The van der Waals surface area contributed by atoms with Crippen LogP contribution < -0.4 is 10.1 Å². The molecule has 0 heterocycles. The fraction of sp³-hybridized carbons (Fsp3) is 0.385. The molecular weight excluding hydrogens is 266 g/mol. The minimum absolute atomic E-state index is 0.0730. The van der Waals surface area contributed by atoms with Crippen molar-refractivity contribution in [3.63, 3.8) is 0 Å². The summed E-state index contributed by atoms with van der Waals surface area (Å²) in [7, 11) is 1.58. The Hall–Kier alpha value is -1.69. The Morgan fingerprint density at radius 2 is 2.05 bits per heavy atom. The van der Waals surface area contributed by atoms with Crippen LogP contribution in [-0.2, 0) is 9.59 Å². The van der Waals surface area contributed by atoms with Crippen molar-refractivity contribution in [2.45, 2.75) is 13.0 Å². The molecule has 6 heteroatoms. The van der Waals surface area contributed by atoms with Gasteiger partial charge in [0.1, 0.15) is 5.75 Å². The second-order valence-electron chi connectivity index (χ2n) is 3.92. The maximum Gasteiger partial charge on any atom is 0.313 e. The van der Waals surface area contributed by atoms with E-state index in [1.807, 2.05) is 31.2 Å². The molecule has 19 heavy (non-hydrogen) atoms. The van der Waals surface area contributed by atoms with Gasteiger partial charge in [-0.3, -0.25) is 9.59 Å². The number of aliphatic carboxylic acids is 1. The van der Waals surface area contributed by atoms with E-state index in [1.54, 1.807) is 7.11 Å². The third kappa shape index (κ3) is 5.21. The monoisotopic (exact) mass is 283 g/mol. The number of hydrogen-bond donors (Lipinski definition) is 2. The van der Waals surface area contributed by atoms with Gasteiger partial charge in [-0.1, -0.05) is 18.2 Å². The first-order valence-electron chi connectivity index (χ1n) is 5.76. The lowest BCUT2D eigenvalue weighted by Crippen LogP contribution is -2.28. The summed E-state index contributed by atoms with van der Waals surface area (Å²) >= 11 is 1.07. The third-order valence-electron chi connectivity index (χ3n) is 2.44. The van der Waals surface area contributed by atoms with Crippen molar-refractivity contribution in [2.24, 2.45) is 0 Å². The van der Waals surface area contributed by atoms with Crippen LogP contribution in [0.5, 0.6) is 5.75 Å². The third-order valence-corrected chi connectivity index (χ3v) is 3.36. The molecule has 0 aliphatic rings. The summed E-state index contributed by atoms with van der Waals surface area (Å²) in [6.45, 7) is 1.86. The predicted octanol–water partition coefficient (Wildman–Crippen LogP) is 1.69. The summed E-state index contributed by atoms with van der Waals surface area (Å²) < 4.78 is 5.23. The smallest absolute Gasteiger partial charge is 0.313 e. The van der Waals surface area contributed by atoms with Gasteiger partial charge in [-0.25, -0.2) is 0 Å². The Morgan fingerprint density at radius 3 is 2.68 bits per heavy atom. The lowest BCUT2D eigenvalue weighted by molar-refractivity contribution is -0.133. The molecular formula is C13H17NO4S. The van der Waals surface area contributed by atoms with Crippen LogP contribution in [0.1, 0.15) is 18.5 Å². The molecule has 0 radical (unpaired) electrons. The highest BCUT2D eigenvalue weighted by atomic mass is 32.2. The maximum atomic E-state index is 11.6. The van der Waals surface area contributed by atoms with E-state index < -0.39 is 5.97 Å². The summed E-state index contributed by atoms with van der Waals surface area (Å²) in [5.74, 6) is -0.337. The molecule has 0 aliphatic carbocycles. The van der Waals surface area contributed by atoms with E-state index in [-0.39, 0.29) is 23.5 Å². The quantitative estimate of drug-likeness (QED) is 0.796. The minimum atomic E-state index is -0.921. The van der Waals surface area contributed by atoms with Crippen molar-refractivity contribution in [2.75, 3.05) is 18.6 Å². The molecule has 1 amide bonds. The van der Waals surface area contributed by atoms with Crippen LogP contribution in [0.15, 0.2) is 24.3 Å². The number of carboxylic acid groups (broad SMARTS) is 1. The van der Waals surface area contributed by atoms with Crippen molar-refractivity contribution in [3.8, 4) is 5.75 Å². The fourth-order valence-electron chi connectivity index (χ4n) is 1.62. The minimum Gasteiger partial charge on any atom is -0.496 e. The normalized spacial score (nSPS) is 11.7. The van der Waals surface area contributed by atoms with Crippen molar-refractivity contribution in [1.82, 2.24) is 5.32 Å². The second-order valence-corrected chi connectivity index (χ2v) is 4.90. The van der Waals surface area contributed by atoms with E-state index in [0.29, 0.717) is 5.75 Å². The van der Waals surface area contributed by atoms with Crippen molar-refractivity contribution in [1.29, 1.82) is 0 Å². The highest BCUT2D eigenvalue weighted by Gasteiger charge is 2.13. The van der Waals surface area contributed by atoms with Crippen molar-refractivity contribution >= 4 is 23.6 Å². The Kier molecular flexibility index (Phi) is 6.21. The van der Waals surface area contributed by atoms with Crippen molar-refractivity contribution in [3.05, 3.63) is 29.8 Å². The molecule has 1 rings (SSSR count). The number of thioether (sulfide) groups is 1. The number of ether oxygens (including phenoxy) is 1. The molecule has 0 fully saturated rings. The standard InChI is InChI=1S/C13H17NO4S/c1-9(10-5-3-4-6-11(10)18-2)14-12(15)7-19-8-13(16)17/h3-6,9H,7-8H2,1-2H3,(H,14,15)(H,16,17)/t9-/m1/s1. The molecule has 2 N–H and O–H groups in total. The average molecular weight is 283 g/mol. The van der Waals surface area contributed by atoms with Gasteiger partial charge >= 0.3 is 5.97 Å². The Morgan fingerprint density at radius 1 is 1.37 bits per heavy atom. The van der Waals surface area contributed by atoms with Gasteiger partial charge < -0.3 is 15.2 Å². The number of methoxy groups -OCH3 is 1. The van der Waals surface area contributed by atoms with Gasteiger partial charge in [0, 0.05) is 5.56 Å². The molecule has 0 aromatic heterocycles. The zero-order chi connectivity index (χ0) is 14.3. The summed E-state index contributed by atoms with van der Waals surface area (Å²) in [4.78, 5) is 22.0. The summed E-state index contributed by atoms with van der Waals surface area (Å²) in [6, 6.07) is 7.26. The Bertz CT molecular complexity index is 450. The zero-order valence-corrected chi connectivity index (χ0v) is 11.7. The fourth-order valence-corrected chi connectivity index (χ4v) is 2.16. The number of amides is 1. The maximum absolute atomic E-state index is 11.6. The van der Waals surface area contributed by atoms with Crippen LogP contribution in [0.25, 0.3) is 0 Å². The van der Waals surface area contributed by atoms with Gasteiger partial charge in [0.15, 0.2) is 0 Å². The molecule has 104 valence electrons. The SMILES string of the molecule is COc1ccccc1[C@@H](C)NC(=O)CSCC(=O)O. The molecule has 1 aromatic rings. The molecule has 0 saturated carbocycles. The number of rotatable bonds is 7. The molecule has 0 saturated heterocycles. The van der Waals surface area contributed by atoms with E-state index >= 15 is 0 Å². The molecule has 0 spiro atoms. The average Bonchev–Trinajstić information content (AvgIpc) is 2.38. The van der Waals surface area contributed by atoms with E-state index in [4.69, 9.17) is 9.84 Å². The molecule has 0 unspecified atom stereocenters. The largest absolute Gasteiger partial charge is 0.496 e. The van der Waals surface area contributed by atoms with Crippen LogP contribution in [0.2, 0.25) is 0 Å².